The molecule has 2 N–H and O–H groups in total. The Morgan fingerprint density at radius 2 is 2.03 bits per heavy atom. The van der Waals surface area contributed by atoms with Gasteiger partial charge < -0.3 is 20.1 Å². The molecular formula is C22H35IN6. The highest BCUT2D eigenvalue weighted by Gasteiger charge is 2.29. The van der Waals surface area contributed by atoms with Crippen LogP contribution in [0.5, 0.6) is 0 Å². The van der Waals surface area contributed by atoms with Gasteiger partial charge in [-0.25, -0.2) is 4.98 Å². The number of aromatic nitrogens is 2. The highest BCUT2D eigenvalue weighted by Crippen LogP contribution is 2.27. The maximum Gasteiger partial charge on any atom is 0.193 e. The Morgan fingerprint density at radius 3 is 2.66 bits per heavy atom. The van der Waals surface area contributed by atoms with E-state index in [1.165, 1.54) is 0 Å². The number of rotatable bonds is 6. The van der Waals surface area contributed by atoms with Gasteiger partial charge in [0.25, 0.3) is 0 Å². The molecule has 6 nitrogen and oxygen atoms in total. The summed E-state index contributed by atoms with van der Waals surface area (Å²) in [6, 6.07) is 11.2. The van der Waals surface area contributed by atoms with E-state index < -0.39 is 0 Å². The predicted octanol–water partition coefficient (Wildman–Crippen LogP) is 4.10. The van der Waals surface area contributed by atoms with Crippen molar-refractivity contribution >= 4 is 35.6 Å². The summed E-state index contributed by atoms with van der Waals surface area (Å²) in [5, 5.41) is 7.26. The van der Waals surface area contributed by atoms with Gasteiger partial charge in [-0.2, -0.15) is 0 Å². The van der Waals surface area contributed by atoms with Gasteiger partial charge >= 0.3 is 0 Å². The summed E-state index contributed by atoms with van der Waals surface area (Å²) in [5.41, 5.74) is 1.16. The van der Waals surface area contributed by atoms with Crippen LogP contribution in [0.3, 0.4) is 0 Å². The monoisotopic (exact) mass is 510 g/mol. The fourth-order valence-electron chi connectivity index (χ4n) is 3.83. The van der Waals surface area contributed by atoms with Crippen molar-refractivity contribution in [3.8, 4) is 0 Å². The summed E-state index contributed by atoms with van der Waals surface area (Å²) in [7, 11) is 1.88. The van der Waals surface area contributed by atoms with Gasteiger partial charge in [0.05, 0.1) is 12.4 Å². The summed E-state index contributed by atoms with van der Waals surface area (Å²) >= 11 is 0. The van der Waals surface area contributed by atoms with Crippen molar-refractivity contribution in [3.05, 3.63) is 49.1 Å². The maximum absolute atomic E-state index is 4.57. The van der Waals surface area contributed by atoms with Crippen LogP contribution in [-0.4, -0.2) is 53.1 Å². The van der Waals surface area contributed by atoms with Gasteiger partial charge in [-0.05, 0) is 30.4 Å². The lowest BCUT2D eigenvalue weighted by atomic mass is 9.93. The molecule has 2 aromatic rings. The number of guanidine groups is 1. The second kappa shape index (κ2) is 11.4. The molecule has 0 amide bonds. The standard InChI is InChI=1S/C22H34N6.HI/c1-17(2)20(26-19-8-6-5-7-9-19)14-25-22(23-4)27-12-10-18(3)21(15-27)28-13-11-24-16-28;/h5-9,11,13,16-18,20-21,26H,10,12,14-15H2,1-4H3,(H,23,25);1H. The van der Waals surface area contributed by atoms with Crippen LogP contribution in [0.2, 0.25) is 0 Å². The third kappa shape index (κ3) is 6.35. The average molecular weight is 510 g/mol. The first-order chi connectivity index (χ1) is 13.6. The number of nitrogens with zero attached hydrogens (tertiary/aromatic N) is 4. The first-order valence-electron chi connectivity index (χ1n) is 10.3. The van der Waals surface area contributed by atoms with Crippen LogP contribution >= 0.6 is 24.0 Å². The van der Waals surface area contributed by atoms with Gasteiger partial charge in [0.15, 0.2) is 5.96 Å². The molecule has 1 aliphatic heterocycles. The lowest BCUT2D eigenvalue weighted by Crippen LogP contribution is -2.51. The molecule has 2 heterocycles. The zero-order chi connectivity index (χ0) is 19.9. The minimum atomic E-state index is 0. The van der Waals surface area contributed by atoms with Crippen LogP contribution in [0.15, 0.2) is 54.0 Å². The lowest BCUT2D eigenvalue weighted by molar-refractivity contribution is 0.188. The Bertz CT molecular complexity index is 731. The number of halogens is 1. The number of likely N-dealkylation sites (tertiary alicyclic amines) is 1. The minimum Gasteiger partial charge on any atom is -0.380 e. The van der Waals surface area contributed by atoms with Crippen molar-refractivity contribution in [1.82, 2.24) is 19.8 Å². The van der Waals surface area contributed by atoms with E-state index in [2.05, 4.69) is 81.3 Å². The molecule has 0 aliphatic carbocycles. The lowest BCUT2D eigenvalue weighted by Gasteiger charge is -2.39. The van der Waals surface area contributed by atoms with Crippen LogP contribution < -0.4 is 10.6 Å². The Kier molecular flexibility index (Phi) is 9.26. The molecule has 1 aromatic carbocycles. The van der Waals surface area contributed by atoms with E-state index in [0.717, 1.165) is 37.7 Å². The van der Waals surface area contributed by atoms with Gasteiger partial charge in [0.2, 0.25) is 0 Å². The molecule has 3 unspecified atom stereocenters. The van der Waals surface area contributed by atoms with E-state index >= 15 is 0 Å². The van der Waals surface area contributed by atoms with Crippen LogP contribution in [0.25, 0.3) is 0 Å². The second-order valence-corrected chi connectivity index (χ2v) is 8.08. The molecule has 1 aliphatic rings. The molecule has 160 valence electrons. The van der Waals surface area contributed by atoms with Crippen LogP contribution in [-0.2, 0) is 0 Å². The van der Waals surface area contributed by atoms with Gasteiger partial charge in [-0.3, -0.25) is 4.99 Å². The molecular weight excluding hydrogens is 475 g/mol. The highest BCUT2D eigenvalue weighted by atomic mass is 127. The Labute approximate surface area is 192 Å². The molecule has 1 saturated heterocycles. The Morgan fingerprint density at radius 1 is 1.28 bits per heavy atom. The zero-order valence-corrected chi connectivity index (χ0v) is 20.3. The molecule has 3 rings (SSSR count). The van der Waals surface area contributed by atoms with Crippen molar-refractivity contribution < 1.29 is 0 Å². The number of para-hydroxylation sites is 1. The minimum absolute atomic E-state index is 0. The molecule has 0 saturated carbocycles. The van der Waals surface area contributed by atoms with Crippen molar-refractivity contribution in [1.29, 1.82) is 0 Å². The van der Waals surface area contributed by atoms with Crippen molar-refractivity contribution in [3.63, 3.8) is 0 Å². The molecule has 0 radical (unpaired) electrons. The number of hydrogen-bond donors (Lipinski definition) is 2. The number of anilines is 1. The first kappa shape index (κ1) is 23.5. The molecule has 7 heteroatoms. The van der Waals surface area contributed by atoms with E-state index in [0.29, 0.717) is 23.9 Å². The number of nitrogens with one attached hydrogen (secondary N) is 2. The maximum atomic E-state index is 4.57. The summed E-state index contributed by atoms with van der Waals surface area (Å²) < 4.78 is 2.23. The molecule has 1 fully saturated rings. The summed E-state index contributed by atoms with van der Waals surface area (Å²) in [4.78, 5) is 11.2. The van der Waals surface area contributed by atoms with E-state index in [1.807, 2.05) is 25.6 Å². The van der Waals surface area contributed by atoms with E-state index in [-0.39, 0.29) is 24.0 Å². The number of aliphatic imine (C=N–C) groups is 1. The average Bonchev–Trinajstić information content (AvgIpc) is 3.23. The van der Waals surface area contributed by atoms with Crippen molar-refractivity contribution in [2.45, 2.75) is 39.3 Å². The Balaban J connectivity index is 0.00000300. The highest BCUT2D eigenvalue weighted by molar-refractivity contribution is 14.0. The fraction of sp³-hybridized carbons (Fsp3) is 0.545. The second-order valence-electron chi connectivity index (χ2n) is 8.08. The summed E-state index contributed by atoms with van der Waals surface area (Å²) in [6.45, 7) is 9.66. The van der Waals surface area contributed by atoms with E-state index in [4.69, 9.17) is 0 Å². The third-order valence-electron chi connectivity index (χ3n) is 5.75. The van der Waals surface area contributed by atoms with Gasteiger partial charge in [-0.1, -0.05) is 39.0 Å². The van der Waals surface area contributed by atoms with Crippen LogP contribution in [0.4, 0.5) is 5.69 Å². The SMILES string of the molecule is CN=C(NCC(Nc1ccccc1)C(C)C)N1CCC(C)C(n2ccnc2)C1.I. The molecule has 3 atom stereocenters. The quantitative estimate of drug-likeness (QED) is 0.349. The van der Waals surface area contributed by atoms with Crippen LogP contribution in [0.1, 0.15) is 33.2 Å². The normalized spacial score (nSPS) is 20.9. The van der Waals surface area contributed by atoms with Gasteiger partial charge in [-0.15, -0.1) is 24.0 Å². The number of imidazole rings is 1. The summed E-state index contributed by atoms with van der Waals surface area (Å²) in [6.07, 6.45) is 7.01. The largest absolute Gasteiger partial charge is 0.380 e. The number of hydrogen-bond acceptors (Lipinski definition) is 3. The van der Waals surface area contributed by atoms with E-state index in [1.54, 1.807) is 0 Å². The van der Waals surface area contributed by atoms with E-state index in [9.17, 15) is 0 Å². The number of piperidine rings is 1. The van der Waals surface area contributed by atoms with Crippen molar-refractivity contribution in [2.75, 3.05) is 32.0 Å². The predicted molar refractivity (Wildman–Crippen MR) is 132 cm³/mol. The first-order valence-corrected chi connectivity index (χ1v) is 10.3. The molecule has 1 aromatic heterocycles. The fourth-order valence-corrected chi connectivity index (χ4v) is 3.83. The zero-order valence-electron chi connectivity index (χ0n) is 18.0. The number of benzene rings is 1. The Hall–Kier alpha value is -1.77. The summed E-state index contributed by atoms with van der Waals surface area (Å²) in [5.74, 6) is 2.12. The van der Waals surface area contributed by atoms with Gasteiger partial charge in [0, 0.05) is 50.8 Å². The third-order valence-corrected chi connectivity index (χ3v) is 5.75. The molecule has 0 spiro atoms. The van der Waals surface area contributed by atoms with Crippen molar-refractivity contribution in [2.24, 2.45) is 16.8 Å². The van der Waals surface area contributed by atoms with Crippen LogP contribution in [0, 0.1) is 11.8 Å². The molecule has 29 heavy (non-hydrogen) atoms. The van der Waals surface area contributed by atoms with Gasteiger partial charge in [0.1, 0.15) is 0 Å². The molecule has 0 bridgehead atoms. The topological polar surface area (TPSA) is 57.5 Å². The smallest absolute Gasteiger partial charge is 0.193 e.